The molecule has 2 aromatic carbocycles. The lowest BCUT2D eigenvalue weighted by atomic mass is 9.94. The second kappa shape index (κ2) is 10.7. The lowest BCUT2D eigenvalue weighted by Gasteiger charge is -2.29. The van der Waals surface area contributed by atoms with E-state index in [1.807, 2.05) is 13.8 Å². The molecule has 2 aromatic rings. The van der Waals surface area contributed by atoms with Gasteiger partial charge >= 0.3 is 0 Å². The summed E-state index contributed by atoms with van der Waals surface area (Å²) in [6.45, 7) is 6.62. The molecule has 0 bridgehead atoms. The van der Waals surface area contributed by atoms with Crippen molar-refractivity contribution in [2.75, 3.05) is 40.4 Å². The number of nitrogens with zero attached hydrogens (tertiary/aromatic N) is 2. The van der Waals surface area contributed by atoms with Gasteiger partial charge in [0.2, 0.25) is 0 Å². The number of aliphatic hydroxyl groups is 1. The van der Waals surface area contributed by atoms with Crippen molar-refractivity contribution in [2.24, 2.45) is 0 Å². The highest BCUT2D eigenvalue weighted by Gasteiger charge is 2.47. The van der Waals surface area contributed by atoms with E-state index in [1.54, 1.807) is 42.5 Å². The predicted octanol–water partition coefficient (Wildman–Crippen LogP) is 4.12. The zero-order valence-corrected chi connectivity index (χ0v) is 20.1. The number of ketones is 1. The van der Waals surface area contributed by atoms with E-state index in [1.165, 1.54) is 19.1 Å². The minimum Gasteiger partial charge on any atom is -0.507 e. The van der Waals surface area contributed by atoms with Gasteiger partial charge in [-0.2, -0.15) is 0 Å². The zero-order chi connectivity index (χ0) is 24.1. The van der Waals surface area contributed by atoms with Crippen molar-refractivity contribution in [2.45, 2.75) is 19.9 Å². The average molecular weight is 473 g/mol. The molecular formula is C25H29ClN2O5. The topological polar surface area (TPSA) is 79.3 Å². The van der Waals surface area contributed by atoms with Crippen molar-refractivity contribution in [1.82, 2.24) is 9.80 Å². The molecule has 1 saturated heterocycles. The summed E-state index contributed by atoms with van der Waals surface area (Å²) in [4.78, 5) is 30.0. The summed E-state index contributed by atoms with van der Waals surface area (Å²) in [5.74, 6) is -0.626. The van der Waals surface area contributed by atoms with Gasteiger partial charge in [0, 0.05) is 29.2 Å². The number of hydrogen-bond donors (Lipinski definition) is 1. The van der Waals surface area contributed by atoms with Gasteiger partial charge in [-0.05, 0) is 55.6 Å². The number of carbonyl (C=O) groups is 2. The highest BCUT2D eigenvalue weighted by molar-refractivity contribution is 6.46. The molecule has 1 aliphatic heterocycles. The first-order chi connectivity index (χ1) is 15.9. The molecule has 3 rings (SSSR count). The van der Waals surface area contributed by atoms with E-state index in [2.05, 4.69) is 4.90 Å². The zero-order valence-electron chi connectivity index (χ0n) is 19.3. The Labute approximate surface area is 199 Å². The molecule has 7 nitrogen and oxygen atoms in total. The number of Topliss-reactive ketones (excluding diaryl/α,β-unsaturated/α-hetero) is 1. The molecule has 176 valence electrons. The Morgan fingerprint density at radius 2 is 1.73 bits per heavy atom. The SMILES string of the molecule is CCN(CC)CCN1C(=O)C(=O)C(=C(O)c2ccc(Cl)cc2)[C@H]1c1cc(OC)ccc1OC. The molecule has 8 heteroatoms. The van der Waals surface area contributed by atoms with Crippen molar-refractivity contribution in [3.63, 3.8) is 0 Å². The third-order valence-electron chi connectivity index (χ3n) is 5.94. The number of hydrogen-bond acceptors (Lipinski definition) is 6. The molecular weight excluding hydrogens is 444 g/mol. The molecule has 33 heavy (non-hydrogen) atoms. The monoisotopic (exact) mass is 472 g/mol. The van der Waals surface area contributed by atoms with Crippen LogP contribution in [-0.4, -0.2) is 67.0 Å². The van der Waals surface area contributed by atoms with E-state index < -0.39 is 17.7 Å². The van der Waals surface area contributed by atoms with Gasteiger partial charge in [-0.25, -0.2) is 0 Å². The third kappa shape index (κ3) is 4.99. The first kappa shape index (κ1) is 24.6. The average Bonchev–Trinajstić information content (AvgIpc) is 3.09. The van der Waals surface area contributed by atoms with Gasteiger partial charge in [0.25, 0.3) is 11.7 Å². The fraction of sp³-hybridized carbons (Fsp3) is 0.360. The number of likely N-dealkylation sites (tertiary alicyclic amines) is 1. The molecule has 0 saturated carbocycles. The summed E-state index contributed by atoms with van der Waals surface area (Å²) in [6, 6.07) is 10.8. The van der Waals surface area contributed by atoms with Gasteiger partial charge in [-0.15, -0.1) is 0 Å². The first-order valence-corrected chi connectivity index (χ1v) is 11.2. The number of likely N-dealkylation sites (N-methyl/N-ethyl adjacent to an activating group) is 1. The lowest BCUT2D eigenvalue weighted by molar-refractivity contribution is -0.140. The van der Waals surface area contributed by atoms with E-state index in [0.717, 1.165) is 13.1 Å². The lowest BCUT2D eigenvalue weighted by Crippen LogP contribution is -2.38. The van der Waals surface area contributed by atoms with Crippen LogP contribution in [0.3, 0.4) is 0 Å². The van der Waals surface area contributed by atoms with Crippen LogP contribution in [-0.2, 0) is 9.59 Å². The number of carbonyl (C=O) groups excluding carboxylic acids is 2. The Kier molecular flexibility index (Phi) is 8.00. The molecule has 0 radical (unpaired) electrons. The van der Waals surface area contributed by atoms with Gasteiger partial charge in [-0.3, -0.25) is 9.59 Å². The Balaban J connectivity index is 2.19. The van der Waals surface area contributed by atoms with Crippen molar-refractivity contribution >= 4 is 29.1 Å². The van der Waals surface area contributed by atoms with Crippen LogP contribution in [0, 0.1) is 0 Å². The number of aliphatic hydroxyl groups excluding tert-OH is 1. The van der Waals surface area contributed by atoms with E-state index in [9.17, 15) is 14.7 Å². The standard InChI is InChI=1S/C25H29ClN2O5/c1-5-27(6-2)13-14-28-22(19-15-18(32-3)11-12-20(19)33-4)21(24(30)25(28)31)23(29)16-7-9-17(26)10-8-16/h7-12,15,22,29H,5-6,13-14H2,1-4H3/t22-/m1/s1. The summed E-state index contributed by atoms with van der Waals surface area (Å²) < 4.78 is 10.9. The van der Waals surface area contributed by atoms with E-state index >= 15 is 0 Å². The van der Waals surface area contributed by atoms with Crippen LogP contribution in [0.5, 0.6) is 11.5 Å². The summed E-state index contributed by atoms with van der Waals surface area (Å²) >= 11 is 5.98. The molecule has 1 heterocycles. The molecule has 0 spiro atoms. The molecule has 0 aromatic heterocycles. The number of halogens is 1. The fourth-order valence-electron chi connectivity index (χ4n) is 4.04. The van der Waals surface area contributed by atoms with Crippen LogP contribution in [0.4, 0.5) is 0 Å². The van der Waals surface area contributed by atoms with Crippen LogP contribution in [0.15, 0.2) is 48.0 Å². The van der Waals surface area contributed by atoms with Crippen LogP contribution in [0.2, 0.25) is 5.02 Å². The largest absolute Gasteiger partial charge is 0.507 e. The molecule has 1 aliphatic rings. The minimum atomic E-state index is -0.832. The molecule has 1 N–H and O–H groups in total. The second-order valence-electron chi connectivity index (χ2n) is 7.63. The van der Waals surface area contributed by atoms with Gasteiger partial charge in [0.15, 0.2) is 0 Å². The predicted molar refractivity (Wildman–Crippen MR) is 128 cm³/mol. The number of methoxy groups -OCH3 is 2. The Morgan fingerprint density at radius 3 is 2.30 bits per heavy atom. The summed E-state index contributed by atoms with van der Waals surface area (Å²) in [5.41, 5.74) is 0.965. The maximum atomic E-state index is 13.2. The summed E-state index contributed by atoms with van der Waals surface area (Å²) in [5, 5.41) is 11.7. The van der Waals surface area contributed by atoms with Crippen molar-refractivity contribution in [1.29, 1.82) is 0 Å². The maximum absolute atomic E-state index is 13.2. The fourth-order valence-corrected chi connectivity index (χ4v) is 4.17. The number of amides is 1. The Bertz CT molecular complexity index is 1050. The number of benzene rings is 2. The Morgan fingerprint density at radius 1 is 1.06 bits per heavy atom. The van der Waals surface area contributed by atoms with Gasteiger partial charge in [0.1, 0.15) is 17.3 Å². The second-order valence-corrected chi connectivity index (χ2v) is 8.07. The van der Waals surface area contributed by atoms with E-state index in [4.69, 9.17) is 21.1 Å². The normalized spacial score (nSPS) is 17.6. The summed E-state index contributed by atoms with van der Waals surface area (Å²) in [6.07, 6.45) is 0. The quantitative estimate of drug-likeness (QED) is 0.336. The van der Waals surface area contributed by atoms with Gasteiger partial charge in [-0.1, -0.05) is 25.4 Å². The van der Waals surface area contributed by atoms with Crippen LogP contribution in [0.25, 0.3) is 5.76 Å². The first-order valence-electron chi connectivity index (χ1n) is 10.8. The highest BCUT2D eigenvalue weighted by atomic mass is 35.5. The third-order valence-corrected chi connectivity index (χ3v) is 6.19. The van der Waals surface area contributed by atoms with Crippen molar-refractivity contribution in [3.05, 3.63) is 64.2 Å². The summed E-state index contributed by atoms with van der Waals surface area (Å²) in [7, 11) is 3.06. The minimum absolute atomic E-state index is 0.00780. The molecule has 1 fully saturated rings. The van der Waals surface area contributed by atoms with E-state index in [0.29, 0.717) is 40.7 Å². The maximum Gasteiger partial charge on any atom is 0.295 e. The van der Waals surface area contributed by atoms with Crippen LogP contribution >= 0.6 is 11.6 Å². The Hall–Kier alpha value is -3.03. The number of ether oxygens (including phenoxy) is 2. The van der Waals surface area contributed by atoms with Crippen LogP contribution < -0.4 is 9.47 Å². The van der Waals surface area contributed by atoms with Gasteiger partial charge < -0.3 is 24.4 Å². The van der Waals surface area contributed by atoms with Crippen molar-refractivity contribution in [3.8, 4) is 11.5 Å². The number of rotatable bonds is 9. The van der Waals surface area contributed by atoms with E-state index in [-0.39, 0.29) is 11.3 Å². The van der Waals surface area contributed by atoms with Crippen LogP contribution in [0.1, 0.15) is 31.0 Å². The van der Waals surface area contributed by atoms with Gasteiger partial charge in [0.05, 0.1) is 25.8 Å². The molecule has 0 aliphatic carbocycles. The molecule has 1 amide bonds. The smallest absolute Gasteiger partial charge is 0.295 e. The highest BCUT2D eigenvalue weighted by Crippen LogP contribution is 2.43. The van der Waals surface area contributed by atoms with Crippen molar-refractivity contribution < 1.29 is 24.2 Å². The molecule has 1 atom stereocenters. The molecule has 0 unspecified atom stereocenters.